The Morgan fingerprint density at radius 2 is 1.95 bits per heavy atom. The molecular weight excluding hydrogens is 256 g/mol. The first-order valence-electron chi connectivity index (χ1n) is 6.03. The number of para-hydroxylation sites is 1. The van der Waals surface area contributed by atoms with Crippen LogP contribution in [-0.2, 0) is 4.79 Å². The van der Waals surface area contributed by atoms with Crippen molar-refractivity contribution >= 4 is 23.6 Å². The molecule has 2 aromatic rings. The largest absolute Gasteiger partial charge is 0.477 e. The number of amides is 1. The smallest absolute Gasteiger partial charge is 0.352 e. The molecule has 5 heteroatoms. The third-order valence-electron chi connectivity index (χ3n) is 2.65. The zero-order valence-corrected chi connectivity index (χ0v) is 10.9. The zero-order chi connectivity index (χ0) is 14.5. The second-order valence-corrected chi connectivity index (χ2v) is 4.28. The SMILES string of the molecule is Cc1cc(/C=C/C(=O)Nc2ccccc2)c(C(=O)O)[nH]1. The summed E-state index contributed by atoms with van der Waals surface area (Å²) >= 11 is 0. The fourth-order valence-electron chi connectivity index (χ4n) is 1.79. The third kappa shape index (κ3) is 3.35. The van der Waals surface area contributed by atoms with E-state index in [9.17, 15) is 9.59 Å². The van der Waals surface area contributed by atoms with Gasteiger partial charge >= 0.3 is 5.97 Å². The van der Waals surface area contributed by atoms with E-state index in [0.717, 1.165) is 5.69 Å². The lowest BCUT2D eigenvalue weighted by Gasteiger charge is -2.00. The first-order chi connectivity index (χ1) is 9.56. The van der Waals surface area contributed by atoms with Crippen LogP contribution in [0.15, 0.2) is 42.5 Å². The molecule has 0 atom stereocenters. The average Bonchev–Trinajstić information content (AvgIpc) is 2.79. The Bertz CT molecular complexity index is 657. The van der Waals surface area contributed by atoms with Crippen LogP contribution in [0.2, 0.25) is 0 Å². The summed E-state index contributed by atoms with van der Waals surface area (Å²) in [5.74, 6) is -1.37. The summed E-state index contributed by atoms with van der Waals surface area (Å²) in [4.78, 5) is 25.5. The van der Waals surface area contributed by atoms with E-state index in [2.05, 4.69) is 10.3 Å². The first-order valence-corrected chi connectivity index (χ1v) is 6.03. The number of aromatic carboxylic acids is 1. The molecule has 0 spiro atoms. The monoisotopic (exact) mass is 270 g/mol. The minimum atomic E-state index is -1.05. The minimum Gasteiger partial charge on any atom is -0.477 e. The number of aryl methyl sites for hydroxylation is 1. The lowest BCUT2D eigenvalue weighted by atomic mass is 10.2. The molecule has 3 N–H and O–H groups in total. The molecule has 1 aromatic carbocycles. The molecule has 1 aromatic heterocycles. The van der Waals surface area contributed by atoms with Crippen molar-refractivity contribution in [2.45, 2.75) is 6.92 Å². The number of aromatic nitrogens is 1. The highest BCUT2D eigenvalue weighted by Gasteiger charge is 2.10. The highest BCUT2D eigenvalue weighted by atomic mass is 16.4. The van der Waals surface area contributed by atoms with Gasteiger partial charge in [-0.05, 0) is 31.2 Å². The number of rotatable bonds is 4. The summed E-state index contributed by atoms with van der Waals surface area (Å²) in [5, 5.41) is 11.7. The van der Waals surface area contributed by atoms with E-state index in [1.54, 1.807) is 25.1 Å². The van der Waals surface area contributed by atoms with Gasteiger partial charge in [0.1, 0.15) is 5.69 Å². The lowest BCUT2D eigenvalue weighted by Crippen LogP contribution is -2.07. The van der Waals surface area contributed by atoms with E-state index in [1.807, 2.05) is 18.2 Å². The van der Waals surface area contributed by atoms with Crippen molar-refractivity contribution in [1.82, 2.24) is 4.98 Å². The second kappa shape index (κ2) is 5.88. The van der Waals surface area contributed by atoms with Crippen molar-refractivity contribution in [3.8, 4) is 0 Å². The topological polar surface area (TPSA) is 82.2 Å². The fraction of sp³-hybridized carbons (Fsp3) is 0.0667. The maximum absolute atomic E-state index is 11.7. The maximum Gasteiger partial charge on any atom is 0.352 e. The molecule has 0 aliphatic heterocycles. The molecule has 0 fully saturated rings. The number of carboxylic acid groups (broad SMARTS) is 1. The van der Waals surface area contributed by atoms with E-state index in [4.69, 9.17) is 5.11 Å². The fourth-order valence-corrected chi connectivity index (χ4v) is 1.79. The first kappa shape index (κ1) is 13.6. The van der Waals surface area contributed by atoms with Gasteiger partial charge < -0.3 is 15.4 Å². The van der Waals surface area contributed by atoms with Crippen molar-refractivity contribution in [3.05, 3.63) is 59.4 Å². The summed E-state index contributed by atoms with van der Waals surface area (Å²) in [6, 6.07) is 10.7. The van der Waals surface area contributed by atoms with E-state index in [-0.39, 0.29) is 11.6 Å². The Morgan fingerprint density at radius 1 is 1.25 bits per heavy atom. The van der Waals surface area contributed by atoms with Gasteiger partial charge in [0, 0.05) is 23.0 Å². The van der Waals surface area contributed by atoms with Gasteiger partial charge in [0.2, 0.25) is 5.91 Å². The highest BCUT2D eigenvalue weighted by Crippen LogP contribution is 2.13. The minimum absolute atomic E-state index is 0.0752. The van der Waals surface area contributed by atoms with Crippen LogP contribution in [-0.4, -0.2) is 22.0 Å². The number of benzene rings is 1. The average molecular weight is 270 g/mol. The van der Waals surface area contributed by atoms with Crippen LogP contribution in [0.5, 0.6) is 0 Å². The summed E-state index contributed by atoms with van der Waals surface area (Å²) in [7, 11) is 0. The Balaban J connectivity index is 2.10. The van der Waals surface area contributed by atoms with E-state index in [0.29, 0.717) is 11.3 Å². The Hall–Kier alpha value is -2.82. The van der Waals surface area contributed by atoms with Gasteiger partial charge in [-0.1, -0.05) is 18.2 Å². The van der Waals surface area contributed by atoms with Gasteiger partial charge in [0.15, 0.2) is 0 Å². The van der Waals surface area contributed by atoms with Crippen LogP contribution in [0.1, 0.15) is 21.7 Å². The van der Waals surface area contributed by atoms with Crippen LogP contribution in [0, 0.1) is 6.92 Å². The van der Waals surface area contributed by atoms with E-state index in [1.165, 1.54) is 12.2 Å². The molecule has 20 heavy (non-hydrogen) atoms. The molecular formula is C15H14N2O3. The number of H-pyrrole nitrogens is 1. The van der Waals surface area contributed by atoms with Gasteiger partial charge in [0.05, 0.1) is 0 Å². The van der Waals surface area contributed by atoms with Gasteiger partial charge in [0.25, 0.3) is 0 Å². The lowest BCUT2D eigenvalue weighted by molar-refractivity contribution is -0.111. The molecule has 0 unspecified atom stereocenters. The normalized spacial score (nSPS) is 10.7. The predicted molar refractivity (Wildman–Crippen MR) is 76.6 cm³/mol. The van der Waals surface area contributed by atoms with Crippen LogP contribution in [0.3, 0.4) is 0 Å². The van der Waals surface area contributed by atoms with Crippen molar-refractivity contribution in [1.29, 1.82) is 0 Å². The van der Waals surface area contributed by atoms with Crippen molar-refractivity contribution in [3.63, 3.8) is 0 Å². The number of carbonyl (C=O) groups excluding carboxylic acids is 1. The summed E-state index contributed by atoms with van der Waals surface area (Å²) < 4.78 is 0. The number of aromatic amines is 1. The molecule has 1 amide bonds. The third-order valence-corrected chi connectivity index (χ3v) is 2.65. The van der Waals surface area contributed by atoms with Crippen molar-refractivity contribution in [2.75, 3.05) is 5.32 Å². The molecule has 1 heterocycles. The predicted octanol–water partition coefficient (Wildman–Crippen LogP) is 2.67. The molecule has 0 radical (unpaired) electrons. The molecule has 102 valence electrons. The van der Waals surface area contributed by atoms with Crippen molar-refractivity contribution in [2.24, 2.45) is 0 Å². The Labute approximate surface area is 115 Å². The summed E-state index contributed by atoms with van der Waals surface area (Å²) in [5.41, 5.74) is 1.96. The van der Waals surface area contributed by atoms with Gasteiger partial charge in [-0.15, -0.1) is 0 Å². The number of hydrogen-bond acceptors (Lipinski definition) is 2. The Kier molecular flexibility index (Phi) is 4.00. The summed E-state index contributed by atoms with van der Waals surface area (Å²) in [6.07, 6.45) is 2.78. The van der Waals surface area contributed by atoms with Crippen LogP contribution >= 0.6 is 0 Å². The second-order valence-electron chi connectivity index (χ2n) is 4.28. The molecule has 0 bridgehead atoms. The van der Waals surface area contributed by atoms with E-state index >= 15 is 0 Å². The van der Waals surface area contributed by atoms with Gasteiger partial charge in [-0.3, -0.25) is 4.79 Å². The molecule has 5 nitrogen and oxygen atoms in total. The maximum atomic E-state index is 11.7. The molecule has 0 aliphatic carbocycles. The number of anilines is 1. The molecule has 0 aliphatic rings. The molecule has 0 saturated heterocycles. The quantitative estimate of drug-likeness (QED) is 0.747. The van der Waals surface area contributed by atoms with Crippen molar-refractivity contribution < 1.29 is 14.7 Å². The Morgan fingerprint density at radius 3 is 2.60 bits per heavy atom. The van der Waals surface area contributed by atoms with Crippen LogP contribution in [0.25, 0.3) is 6.08 Å². The number of hydrogen-bond donors (Lipinski definition) is 3. The number of carboxylic acids is 1. The summed E-state index contributed by atoms with van der Waals surface area (Å²) in [6.45, 7) is 1.76. The van der Waals surface area contributed by atoms with E-state index < -0.39 is 5.97 Å². The van der Waals surface area contributed by atoms with Gasteiger partial charge in [-0.25, -0.2) is 4.79 Å². The van der Waals surface area contributed by atoms with Crippen LogP contribution < -0.4 is 5.32 Å². The van der Waals surface area contributed by atoms with Gasteiger partial charge in [-0.2, -0.15) is 0 Å². The number of nitrogens with one attached hydrogen (secondary N) is 2. The zero-order valence-electron chi connectivity index (χ0n) is 10.9. The molecule has 0 saturated carbocycles. The molecule has 2 rings (SSSR count). The highest BCUT2D eigenvalue weighted by molar-refractivity contribution is 6.02. The standard InChI is InChI=1S/C15H14N2O3/c1-10-9-11(14(16-10)15(19)20)7-8-13(18)17-12-5-3-2-4-6-12/h2-9,16H,1H3,(H,17,18)(H,19,20)/b8-7+. The van der Waals surface area contributed by atoms with Crippen LogP contribution in [0.4, 0.5) is 5.69 Å². The number of carbonyl (C=O) groups is 2.